The summed E-state index contributed by atoms with van der Waals surface area (Å²) >= 11 is 0. The molecule has 0 unspecified atom stereocenters. The molecule has 2 rings (SSSR count). The molecule has 0 aromatic heterocycles. The van der Waals surface area contributed by atoms with Crippen LogP contribution >= 0.6 is 24.0 Å². The number of hydrogen-bond donors (Lipinski definition) is 3. The molecular formula is C19H33IN4O2S. The molecule has 1 aromatic rings. The van der Waals surface area contributed by atoms with Crippen LogP contribution in [-0.4, -0.2) is 33.0 Å². The van der Waals surface area contributed by atoms with E-state index in [-0.39, 0.29) is 24.0 Å². The summed E-state index contributed by atoms with van der Waals surface area (Å²) in [5.74, 6) is 0.716. The van der Waals surface area contributed by atoms with E-state index in [1.165, 1.54) is 19.3 Å². The summed E-state index contributed by atoms with van der Waals surface area (Å²) in [6, 6.07) is 7.51. The number of rotatable bonds is 5. The minimum absolute atomic E-state index is 0. The zero-order chi connectivity index (χ0) is 19.2. The van der Waals surface area contributed by atoms with Gasteiger partial charge in [-0.2, -0.15) is 0 Å². The van der Waals surface area contributed by atoms with Gasteiger partial charge < -0.3 is 10.6 Å². The highest BCUT2D eigenvalue weighted by molar-refractivity contribution is 14.0. The fraction of sp³-hybridized carbons (Fsp3) is 0.632. The first-order valence-corrected chi connectivity index (χ1v) is 10.8. The number of aliphatic imine (C=N–C) groups is 1. The van der Waals surface area contributed by atoms with Crippen molar-refractivity contribution in [3.8, 4) is 0 Å². The molecule has 1 fully saturated rings. The maximum Gasteiger partial charge on any atom is 0.241 e. The Morgan fingerprint density at radius 2 is 1.78 bits per heavy atom. The third-order valence-electron chi connectivity index (χ3n) is 4.32. The molecule has 0 atom stereocenters. The van der Waals surface area contributed by atoms with Gasteiger partial charge in [0, 0.05) is 25.2 Å². The van der Waals surface area contributed by atoms with Gasteiger partial charge in [-0.25, -0.2) is 13.1 Å². The number of guanidine groups is 1. The van der Waals surface area contributed by atoms with Crippen LogP contribution in [0.1, 0.15) is 58.4 Å². The minimum Gasteiger partial charge on any atom is -0.354 e. The Morgan fingerprint density at radius 3 is 2.37 bits per heavy atom. The Kier molecular flexibility index (Phi) is 9.50. The Morgan fingerprint density at radius 1 is 1.15 bits per heavy atom. The highest BCUT2D eigenvalue weighted by Crippen LogP contribution is 2.19. The smallest absolute Gasteiger partial charge is 0.241 e. The van der Waals surface area contributed by atoms with E-state index in [4.69, 9.17) is 0 Å². The van der Waals surface area contributed by atoms with Crippen molar-refractivity contribution >= 4 is 40.0 Å². The van der Waals surface area contributed by atoms with Crippen LogP contribution in [0.5, 0.6) is 0 Å². The van der Waals surface area contributed by atoms with E-state index in [1.807, 2.05) is 32.9 Å². The molecule has 3 N–H and O–H groups in total. The highest BCUT2D eigenvalue weighted by Gasteiger charge is 2.24. The van der Waals surface area contributed by atoms with Crippen molar-refractivity contribution < 1.29 is 8.42 Å². The van der Waals surface area contributed by atoms with Crippen LogP contribution in [0.15, 0.2) is 34.2 Å². The highest BCUT2D eigenvalue weighted by atomic mass is 127. The molecule has 1 aliphatic rings. The molecule has 0 spiro atoms. The lowest BCUT2D eigenvalue weighted by molar-refractivity contribution is 0.410. The Balaban J connectivity index is 0.00000364. The van der Waals surface area contributed by atoms with Crippen LogP contribution in [0.2, 0.25) is 0 Å². The van der Waals surface area contributed by atoms with Crippen LogP contribution in [-0.2, 0) is 16.6 Å². The summed E-state index contributed by atoms with van der Waals surface area (Å²) in [4.78, 5) is 4.58. The fourth-order valence-electron chi connectivity index (χ4n) is 3.18. The van der Waals surface area contributed by atoms with Crippen molar-refractivity contribution in [3.05, 3.63) is 29.8 Å². The number of halogens is 1. The van der Waals surface area contributed by atoms with Gasteiger partial charge in [0.25, 0.3) is 0 Å². The standard InChI is InChI=1S/C19H32N4O2S.HI/c1-19(2,3)23-26(24,25)17-13-9-8-10-15(17)14-21-18(20-4)22-16-11-6-5-7-12-16;/h8-10,13,16,23H,5-7,11-12,14H2,1-4H3,(H2,20,21,22);1H. The average molecular weight is 508 g/mol. The second kappa shape index (κ2) is 10.6. The molecule has 0 radical (unpaired) electrons. The lowest BCUT2D eigenvalue weighted by Gasteiger charge is -2.25. The third kappa shape index (κ3) is 7.95. The number of nitrogens with zero attached hydrogens (tertiary/aromatic N) is 1. The van der Waals surface area contributed by atoms with Crippen molar-refractivity contribution in [2.24, 2.45) is 4.99 Å². The molecule has 0 bridgehead atoms. The first-order valence-electron chi connectivity index (χ1n) is 9.30. The zero-order valence-electron chi connectivity index (χ0n) is 16.7. The molecule has 0 heterocycles. The van der Waals surface area contributed by atoms with E-state index in [0.717, 1.165) is 18.4 Å². The van der Waals surface area contributed by atoms with Gasteiger partial charge in [0.05, 0.1) is 4.90 Å². The third-order valence-corrected chi connectivity index (χ3v) is 6.18. The van der Waals surface area contributed by atoms with Gasteiger partial charge in [-0.3, -0.25) is 4.99 Å². The molecule has 154 valence electrons. The van der Waals surface area contributed by atoms with Crippen LogP contribution in [0.4, 0.5) is 0 Å². The van der Waals surface area contributed by atoms with Gasteiger partial charge in [-0.1, -0.05) is 37.5 Å². The molecule has 1 aliphatic carbocycles. The predicted octanol–water partition coefficient (Wildman–Crippen LogP) is 3.38. The van der Waals surface area contributed by atoms with Crippen molar-refractivity contribution in [1.29, 1.82) is 0 Å². The number of sulfonamides is 1. The zero-order valence-corrected chi connectivity index (χ0v) is 19.9. The summed E-state index contributed by atoms with van der Waals surface area (Å²) < 4.78 is 28.1. The van der Waals surface area contributed by atoms with Crippen LogP contribution in [0.3, 0.4) is 0 Å². The summed E-state index contributed by atoms with van der Waals surface area (Å²) in [6.45, 7) is 5.90. The largest absolute Gasteiger partial charge is 0.354 e. The van der Waals surface area contributed by atoms with Gasteiger partial charge >= 0.3 is 0 Å². The van der Waals surface area contributed by atoms with E-state index in [1.54, 1.807) is 19.2 Å². The summed E-state index contributed by atoms with van der Waals surface area (Å²) in [5, 5.41) is 6.70. The van der Waals surface area contributed by atoms with Gasteiger partial charge in [-0.05, 0) is 45.2 Å². The Labute approximate surface area is 181 Å². The molecular weight excluding hydrogens is 475 g/mol. The SMILES string of the molecule is CN=C(NCc1ccccc1S(=O)(=O)NC(C)(C)C)NC1CCCCC1.I. The Hall–Kier alpha value is -0.870. The quantitative estimate of drug-likeness (QED) is 0.324. The van der Waals surface area contributed by atoms with Gasteiger partial charge in [-0.15, -0.1) is 24.0 Å². The fourth-order valence-corrected chi connectivity index (χ4v) is 4.84. The lowest BCUT2D eigenvalue weighted by atomic mass is 9.96. The Bertz CT molecular complexity index is 723. The predicted molar refractivity (Wildman–Crippen MR) is 122 cm³/mol. The van der Waals surface area contributed by atoms with Crippen molar-refractivity contribution in [2.45, 2.75) is 75.9 Å². The summed E-state index contributed by atoms with van der Waals surface area (Å²) in [7, 11) is -1.84. The van der Waals surface area contributed by atoms with Gasteiger partial charge in [0.1, 0.15) is 0 Å². The second-order valence-corrected chi connectivity index (χ2v) is 9.52. The first kappa shape index (κ1) is 24.2. The molecule has 1 saturated carbocycles. The lowest BCUT2D eigenvalue weighted by Crippen LogP contribution is -2.44. The number of hydrogen-bond acceptors (Lipinski definition) is 3. The van der Waals surface area contributed by atoms with Crippen LogP contribution in [0, 0.1) is 0 Å². The van der Waals surface area contributed by atoms with E-state index >= 15 is 0 Å². The monoisotopic (exact) mass is 508 g/mol. The normalized spacial score (nSPS) is 16.5. The van der Waals surface area contributed by atoms with Crippen LogP contribution < -0.4 is 15.4 Å². The average Bonchev–Trinajstić information content (AvgIpc) is 2.57. The van der Waals surface area contributed by atoms with Crippen LogP contribution in [0.25, 0.3) is 0 Å². The minimum atomic E-state index is -3.58. The van der Waals surface area contributed by atoms with E-state index in [2.05, 4.69) is 20.3 Å². The maximum absolute atomic E-state index is 12.7. The molecule has 27 heavy (non-hydrogen) atoms. The number of nitrogens with one attached hydrogen (secondary N) is 3. The van der Waals surface area contributed by atoms with E-state index < -0.39 is 15.6 Å². The van der Waals surface area contributed by atoms with Crippen molar-refractivity contribution in [2.75, 3.05) is 7.05 Å². The van der Waals surface area contributed by atoms with Crippen molar-refractivity contribution in [1.82, 2.24) is 15.4 Å². The van der Waals surface area contributed by atoms with Gasteiger partial charge in [0.2, 0.25) is 10.0 Å². The topological polar surface area (TPSA) is 82.6 Å². The maximum atomic E-state index is 12.7. The molecule has 0 aliphatic heterocycles. The van der Waals surface area contributed by atoms with Gasteiger partial charge in [0.15, 0.2) is 5.96 Å². The summed E-state index contributed by atoms with van der Waals surface area (Å²) in [6.07, 6.45) is 6.10. The van der Waals surface area contributed by atoms with E-state index in [9.17, 15) is 8.42 Å². The first-order chi connectivity index (χ1) is 12.2. The molecule has 0 amide bonds. The second-order valence-electron chi connectivity index (χ2n) is 7.87. The summed E-state index contributed by atoms with van der Waals surface area (Å²) in [5.41, 5.74) is 0.189. The molecule has 0 saturated heterocycles. The molecule has 6 nitrogen and oxygen atoms in total. The molecule has 8 heteroatoms. The number of benzene rings is 1. The molecule has 1 aromatic carbocycles. The van der Waals surface area contributed by atoms with Crippen molar-refractivity contribution in [3.63, 3.8) is 0 Å². The van der Waals surface area contributed by atoms with E-state index in [0.29, 0.717) is 23.4 Å².